The van der Waals surface area contributed by atoms with Crippen LogP contribution < -0.4 is 0 Å². The monoisotopic (exact) mass is 279 g/mol. The van der Waals surface area contributed by atoms with E-state index in [4.69, 9.17) is 4.74 Å². The van der Waals surface area contributed by atoms with Gasteiger partial charge in [0.2, 0.25) is 0 Å². The normalized spacial score (nSPS) is 18.8. The standard InChI is InChI=1S/C16H22FNO2/c1-12(13-3-5-15(17)6-4-13)11-18-9-7-14(8-10-18)16(19)20-2/h3-6,12,14H,7-11H2,1-2H3/t12-/m1/s1. The second-order valence-corrected chi connectivity index (χ2v) is 5.55. The summed E-state index contributed by atoms with van der Waals surface area (Å²) < 4.78 is 17.7. The quantitative estimate of drug-likeness (QED) is 0.794. The van der Waals surface area contributed by atoms with Crippen LogP contribution in [-0.2, 0) is 9.53 Å². The summed E-state index contributed by atoms with van der Waals surface area (Å²) in [7, 11) is 1.45. The molecule has 1 aromatic rings. The molecule has 0 amide bonds. The second-order valence-electron chi connectivity index (χ2n) is 5.55. The number of hydrogen-bond donors (Lipinski definition) is 0. The van der Waals surface area contributed by atoms with Gasteiger partial charge in [-0.25, -0.2) is 4.39 Å². The Morgan fingerprint density at radius 1 is 1.35 bits per heavy atom. The van der Waals surface area contributed by atoms with E-state index in [1.165, 1.54) is 19.2 Å². The summed E-state index contributed by atoms with van der Waals surface area (Å²) in [5.74, 6) is 0.138. The van der Waals surface area contributed by atoms with Crippen LogP contribution in [0.2, 0.25) is 0 Å². The Morgan fingerprint density at radius 3 is 2.50 bits per heavy atom. The Labute approximate surface area is 119 Å². The molecule has 0 aromatic heterocycles. The third-order valence-electron chi connectivity index (χ3n) is 4.09. The number of benzene rings is 1. The molecule has 110 valence electrons. The van der Waals surface area contributed by atoms with Gasteiger partial charge in [0, 0.05) is 6.54 Å². The lowest BCUT2D eigenvalue weighted by Gasteiger charge is -2.32. The van der Waals surface area contributed by atoms with Gasteiger partial charge >= 0.3 is 5.97 Å². The molecule has 1 aromatic carbocycles. The van der Waals surface area contributed by atoms with E-state index in [2.05, 4.69) is 11.8 Å². The van der Waals surface area contributed by atoms with Gasteiger partial charge in [-0.2, -0.15) is 0 Å². The number of rotatable bonds is 4. The molecule has 0 spiro atoms. The molecule has 1 saturated heterocycles. The van der Waals surface area contributed by atoms with Crippen LogP contribution in [0.3, 0.4) is 0 Å². The van der Waals surface area contributed by atoms with Crippen molar-refractivity contribution in [2.24, 2.45) is 5.92 Å². The molecule has 2 rings (SSSR count). The maximum absolute atomic E-state index is 12.9. The highest BCUT2D eigenvalue weighted by Gasteiger charge is 2.26. The Morgan fingerprint density at radius 2 is 1.95 bits per heavy atom. The fraction of sp³-hybridized carbons (Fsp3) is 0.562. The zero-order valence-corrected chi connectivity index (χ0v) is 12.1. The lowest BCUT2D eigenvalue weighted by molar-refractivity contribution is -0.147. The number of carbonyl (C=O) groups excluding carboxylic acids is 1. The molecule has 4 heteroatoms. The number of halogens is 1. The molecule has 0 unspecified atom stereocenters. The highest BCUT2D eigenvalue weighted by molar-refractivity contribution is 5.72. The van der Waals surface area contributed by atoms with E-state index in [1.54, 1.807) is 0 Å². The SMILES string of the molecule is COC(=O)C1CCN(C[C@@H](C)c2ccc(F)cc2)CC1. The molecule has 0 N–H and O–H groups in total. The van der Waals surface area contributed by atoms with E-state index >= 15 is 0 Å². The number of hydrogen-bond acceptors (Lipinski definition) is 3. The second kappa shape index (κ2) is 6.84. The van der Waals surface area contributed by atoms with Gasteiger partial charge < -0.3 is 9.64 Å². The van der Waals surface area contributed by atoms with Crippen LogP contribution in [0, 0.1) is 11.7 Å². The van der Waals surface area contributed by atoms with E-state index in [-0.39, 0.29) is 17.7 Å². The van der Waals surface area contributed by atoms with Crippen LogP contribution in [0.25, 0.3) is 0 Å². The molecule has 20 heavy (non-hydrogen) atoms. The first-order valence-corrected chi connectivity index (χ1v) is 7.15. The summed E-state index contributed by atoms with van der Waals surface area (Å²) in [6.45, 7) is 4.94. The topological polar surface area (TPSA) is 29.5 Å². The van der Waals surface area contributed by atoms with Crippen molar-refractivity contribution in [3.63, 3.8) is 0 Å². The summed E-state index contributed by atoms with van der Waals surface area (Å²) in [5, 5.41) is 0. The van der Waals surface area contributed by atoms with E-state index < -0.39 is 0 Å². The smallest absolute Gasteiger partial charge is 0.308 e. The van der Waals surface area contributed by atoms with Crippen molar-refractivity contribution < 1.29 is 13.9 Å². The van der Waals surface area contributed by atoms with Gasteiger partial charge in [-0.1, -0.05) is 19.1 Å². The van der Waals surface area contributed by atoms with Crippen LogP contribution >= 0.6 is 0 Å². The van der Waals surface area contributed by atoms with Crippen LogP contribution in [0.4, 0.5) is 4.39 Å². The number of piperidine rings is 1. The highest BCUT2D eigenvalue weighted by Crippen LogP contribution is 2.22. The number of carbonyl (C=O) groups is 1. The van der Waals surface area contributed by atoms with Crippen molar-refractivity contribution in [3.05, 3.63) is 35.6 Å². The zero-order valence-electron chi connectivity index (χ0n) is 12.1. The average molecular weight is 279 g/mol. The van der Waals surface area contributed by atoms with Gasteiger partial charge in [-0.3, -0.25) is 4.79 Å². The summed E-state index contributed by atoms with van der Waals surface area (Å²) in [6.07, 6.45) is 1.73. The molecule has 1 heterocycles. The summed E-state index contributed by atoms with van der Waals surface area (Å²) in [6, 6.07) is 6.72. The van der Waals surface area contributed by atoms with Crippen molar-refractivity contribution in [3.8, 4) is 0 Å². The van der Waals surface area contributed by atoms with Gasteiger partial charge in [0.25, 0.3) is 0 Å². The van der Waals surface area contributed by atoms with Crippen LogP contribution in [-0.4, -0.2) is 37.6 Å². The minimum atomic E-state index is -0.195. The minimum absolute atomic E-state index is 0.0531. The van der Waals surface area contributed by atoms with E-state index in [0.717, 1.165) is 38.0 Å². The fourth-order valence-corrected chi connectivity index (χ4v) is 2.80. The van der Waals surface area contributed by atoms with Crippen LogP contribution in [0.15, 0.2) is 24.3 Å². The largest absolute Gasteiger partial charge is 0.469 e. The van der Waals surface area contributed by atoms with Crippen molar-refractivity contribution in [2.45, 2.75) is 25.7 Å². The Kier molecular flexibility index (Phi) is 5.12. The average Bonchev–Trinajstić information content (AvgIpc) is 2.48. The molecular formula is C16H22FNO2. The van der Waals surface area contributed by atoms with Gasteiger partial charge in [0.15, 0.2) is 0 Å². The molecule has 1 atom stereocenters. The van der Waals surface area contributed by atoms with Crippen molar-refractivity contribution >= 4 is 5.97 Å². The molecule has 0 bridgehead atoms. The lowest BCUT2D eigenvalue weighted by Crippen LogP contribution is -2.38. The highest BCUT2D eigenvalue weighted by atomic mass is 19.1. The van der Waals surface area contributed by atoms with Gasteiger partial charge in [0.1, 0.15) is 5.82 Å². The van der Waals surface area contributed by atoms with E-state index in [0.29, 0.717) is 5.92 Å². The maximum Gasteiger partial charge on any atom is 0.308 e. The van der Waals surface area contributed by atoms with Crippen LogP contribution in [0.1, 0.15) is 31.2 Å². The molecule has 3 nitrogen and oxygen atoms in total. The molecule has 0 radical (unpaired) electrons. The molecule has 1 aliphatic rings. The zero-order chi connectivity index (χ0) is 14.5. The third kappa shape index (κ3) is 3.79. The Balaban J connectivity index is 1.83. The first-order valence-electron chi connectivity index (χ1n) is 7.15. The summed E-state index contributed by atoms with van der Waals surface area (Å²) in [5.41, 5.74) is 1.15. The Bertz CT molecular complexity index is 438. The summed E-state index contributed by atoms with van der Waals surface area (Å²) in [4.78, 5) is 13.8. The fourth-order valence-electron chi connectivity index (χ4n) is 2.80. The molecular weight excluding hydrogens is 257 g/mol. The van der Waals surface area contributed by atoms with Crippen molar-refractivity contribution in [1.82, 2.24) is 4.90 Å². The van der Waals surface area contributed by atoms with Gasteiger partial charge in [0.05, 0.1) is 13.0 Å². The van der Waals surface area contributed by atoms with Crippen molar-refractivity contribution in [2.75, 3.05) is 26.7 Å². The van der Waals surface area contributed by atoms with Gasteiger partial charge in [-0.05, 0) is 49.5 Å². The van der Waals surface area contributed by atoms with Gasteiger partial charge in [-0.15, -0.1) is 0 Å². The van der Waals surface area contributed by atoms with Crippen LogP contribution in [0.5, 0.6) is 0 Å². The first-order chi connectivity index (χ1) is 9.60. The van der Waals surface area contributed by atoms with E-state index in [9.17, 15) is 9.18 Å². The predicted octanol–water partition coefficient (Wildman–Crippen LogP) is 2.81. The molecule has 1 fully saturated rings. The lowest BCUT2D eigenvalue weighted by atomic mass is 9.95. The number of ether oxygens (including phenoxy) is 1. The maximum atomic E-state index is 12.9. The number of likely N-dealkylation sites (tertiary alicyclic amines) is 1. The number of nitrogens with zero attached hydrogens (tertiary/aromatic N) is 1. The molecule has 1 aliphatic heterocycles. The Hall–Kier alpha value is -1.42. The number of methoxy groups -OCH3 is 1. The first kappa shape index (κ1) is 15.0. The number of esters is 1. The molecule has 0 saturated carbocycles. The van der Waals surface area contributed by atoms with E-state index in [1.807, 2.05) is 12.1 Å². The summed E-state index contributed by atoms with van der Waals surface area (Å²) >= 11 is 0. The minimum Gasteiger partial charge on any atom is -0.469 e. The predicted molar refractivity (Wildman–Crippen MR) is 76.0 cm³/mol. The third-order valence-corrected chi connectivity index (χ3v) is 4.09. The molecule has 0 aliphatic carbocycles. The van der Waals surface area contributed by atoms with Crippen molar-refractivity contribution in [1.29, 1.82) is 0 Å².